The van der Waals surface area contributed by atoms with Gasteiger partial charge in [-0.2, -0.15) is 0 Å². The Balaban J connectivity index is 1.68. The third-order valence-electron chi connectivity index (χ3n) is 4.40. The summed E-state index contributed by atoms with van der Waals surface area (Å²) in [6.07, 6.45) is 5.08. The molecule has 1 atom stereocenters. The van der Waals surface area contributed by atoms with Crippen molar-refractivity contribution in [1.82, 2.24) is 5.32 Å². The molecular weight excluding hydrogens is 376 g/mol. The van der Waals surface area contributed by atoms with E-state index < -0.39 is 12.1 Å². The Labute approximate surface area is 176 Å². The summed E-state index contributed by atoms with van der Waals surface area (Å²) < 4.78 is 5.28. The number of carbonyl (C=O) groups excluding carboxylic acids is 2. The van der Waals surface area contributed by atoms with Crippen LogP contribution in [0.5, 0.6) is 0 Å². The minimum Gasteiger partial charge on any atom is -0.445 e. The van der Waals surface area contributed by atoms with Gasteiger partial charge in [0.15, 0.2) is 0 Å². The summed E-state index contributed by atoms with van der Waals surface area (Å²) in [5, 5.41) is 5.48. The molecule has 0 aromatic heterocycles. The number of nitrogens with one attached hydrogen (secondary N) is 2. The molecule has 150 valence electrons. The molecule has 0 spiro atoms. The van der Waals surface area contributed by atoms with Gasteiger partial charge in [-0.25, -0.2) is 4.79 Å². The Morgan fingerprint density at radius 1 is 0.900 bits per heavy atom. The van der Waals surface area contributed by atoms with Crippen molar-refractivity contribution in [3.63, 3.8) is 0 Å². The van der Waals surface area contributed by atoms with Crippen molar-refractivity contribution in [3.05, 3.63) is 102 Å². The fourth-order valence-electron chi connectivity index (χ4n) is 2.88. The van der Waals surface area contributed by atoms with Crippen LogP contribution in [0.1, 0.15) is 16.7 Å². The molecule has 0 aliphatic rings. The van der Waals surface area contributed by atoms with Gasteiger partial charge in [0.25, 0.3) is 0 Å². The second-order valence-electron chi connectivity index (χ2n) is 6.66. The molecule has 0 aliphatic heterocycles. The number of alkyl carbamates (subject to hydrolysis) is 1. The van der Waals surface area contributed by atoms with Crippen LogP contribution in [0.25, 0.3) is 0 Å². The number of terminal acetylenes is 1. The highest BCUT2D eigenvalue weighted by atomic mass is 16.5. The minimum atomic E-state index is -0.815. The smallest absolute Gasteiger partial charge is 0.408 e. The molecule has 30 heavy (non-hydrogen) atoms. The molecule has 0 heterocycles. The van der Waals surface area contributed by atoms with Crippen LogP contribution in [0.2, 0.25) is 0 Å². The predicted molar refractivity (Wildman–Crippen MR) is 117 cm³/mol. The molecule has 0 saturated carbocycles. The number of amides is 2. The number of ether oxygens (including phenoxy) is 1. The van der Waals surface area contributed by atoms with E-state index in [1.165, 1.54) is 0 Å². The van der Waals surface area contributed by atoms with E-state index in [1.54, 1.807) is 24.3 Å². The van der Waals surface area contributed by atoms with Gasteiger partial charge < -0.3 is 15.4 Å². The second-order valence-corrected chi connectivity index (χ2v) is 6.66. The van der Waals surface area contributed by atoms with Crippen molar-refractivity contribution < 1.29 is 14.3 Å². The summed E-state index contributed by atoms with van der Waals surface area (Å²) in [5.74, 6) is 2.18. The van der Waals surface area contributed by atoms with Crippen molar-refractivity contribution in [1.29, 1.82) is 0 Å². The molecule has 3 aromatic carbocycles. The van der Waals surface area contributed by atoms with Crippen molar-refractivity contribution in [2.75, 3.05) is 5.32 Å². The lowest BCUT2D eigenvalue weighted by molar-refractivity contribution is -0.118. The third-order valence-corrected chi connectivity index (χ3v) is 4.40. The highest BCUT2D eigenvalue weighted by molar-refractivity contribution is 5.96. The lowest BCUT2D eigenvalue weighted by Gasteiger charge is -2.19. The van der Waals surface area contributed by atoms with E-state index in [9.17, 15) is 9.59 Å². The zero-order valence-corrected chi connectivity index (χ0v) is 16.4. The van der Waals surface area contributed by atoms with Gasteiger partial charge in [0.05, 0.1) is 0 Å². The fourth-order valence-corrected chi connectivity index (χ4v) is 2.88. The Kier molecular flexibility index (Phi) is 7.23. The molecule has 0 saturated heterocycles. The zero-order chi connectivity index (χ0) is 21.2. The fraction of sp³-hybridized carbons (Fsp3) is 0.120. The highest BCUT2D eigenvalue weighted by Gasteiger charge is 2.22. The first-order chi connectivity index (χ1) is 14.6. The standard InChI is InChI=1S/C25H22N2O3/c1-2-19-14-9-15-22(16-19)26-24(28)23(17-20-10-5-3-6-11-20)27-25(29)30-18-21-12-7-4-8-13-21/h1,3-16,23H,17-18H2,(H,26,28)(H,27,29). The SMILES string of the molecule is C#Cc1cccc(NC(=O)C(Cc2ccccc2)NC(=O)OCc2ccccc2)c1. The van der Waals surface area contributed by atoms with Crippen LogP contribution in [0, 0.1) is 12.3 Å². The van der Waals surface area contributed by atoms with Crippen LogP contribution in [-0.4, -0.2) is 18.0 Å². The minimum absolute atomic E-state index is 0.122. The van der Waals surface area contributed by atoms with Crippen LogP contribution in [0.4, 0.5) is 10.5 Å². The highest BCUT2D eigenvalue weighted by Crippen LogP contribution is 2.12. The Hall–Kier alpha value is -4.04. The average Bonchev–Trinajstić information content (AvgIpc) is 2.79. The van der Waals surface area contributed by atoms with Crippen LogP contribution in [0.15, 0.2) is 84.9 Å². The molecule has 2 N–H and O–H groups in total. The molecule has 3 rings (SSSR count). The van der Waals surface area contributed by atoms with E-state index in [0.29, 0.717) is 17.7 Å². The van der Waals surface area contributed by atoms with Crippen LogP contribution < -0.4 is 10.6 Å². The number of rotatable bonds is 7. The predicted octanol–water partition coefficient (Wildman–Crippen LogP) is 4.14. The topological polar surface area (TPSA) is 67.4 Å². The quantitative estimate of drug-likeness (QED) is 0.588. The van der Waals surface area contributed by atoms with Crippen molar-refractivity contribution in [2.45, 2.75) is 19.1 Å². The van der Waals surface area contributed by atoms with Crippen LogP contribution in [-0.2, 0) is 22.6 Å². The first-order valence-corrected chi connectivity index (χ1v) is 9.53. The molecule has 1 unspecified atom stereocenters. The molecular formula is C25H22N2O3. The number of anilines is 1. The summed E-state index contributed by atoms with van der Waals surface area (Å²) in [5.41, 5.74) is 3.00. The van der Waals surface area contributed by atoms with Crippen LogP contribution >= 0.6 is 0 Å². The molecule has 2 amide bonds. The third kappa shape index (κ3) is 6.25. The first-order valence-electron chi connectivity index (χ1n) is 9.53. The maximum absolute atomic E-state index is 12.9. The zero-order valence-electron chi connectivity index (χ0n) is 16.4. The average molecular weight is 398 g/mol. The van der Waals surface area contributed by atoms with Gasteiger partial charge in [-0.15, -0.1) is 6.42 Å². The molecule has 5 heteroatoms. The maximum Gasteiger partial charge on any atom is 0.408 e. The summed E-state index contributed by atoms with van der Waals surface area (Å²) >= 11 is 0. The Morgan fingerprint density at radius 2 is 1.57 bits per heavy atom. The van der Waals surface area contributed by atoms with Gasteiger partial charge in [-0.3, -0.25) is 4.79 Å². The van der Waals surface area contributed by atoms with E-state index in [2.05, 4.69) is 16.6 Å². The molecule has 3 aromatic rings. The maximum atomic E-state index is 12.9. The molecule has 0 bridgehead atoms. The van der Waals surface area contributed by atoms with E-state index >= 15 is 0 Å². The van der Waals surface area contributed by atoms with E-state index in [0.717, 1.165) is 11.1 Å². The number of hydrogen-bond acceptors (Lipinski definition) is 3. The molecule has 5 nitrogen and oxygen atoms in total. The number of hydrogen-bond donors (Lipinski definition) is 2. The molecule has 0 aliphatic carbocycles. The lowest BCUT2D eigenvalue weighted by Crippen LogP contribution is -2.45. The Morgan fingerprint density at radius 3 is 2.23 bits per heavy atom. The first kappa shape index (κ1) is 20.7. The number of carbonyl (C=O) groups is 2. The van der Waals surface area contributed by atoms with E-state index in [-0.39, 0.29) is 12.5 Å². The van der Waals surface area contributed by atoms with Gasteiger partial charge >= 0.3 is 6.09 Å². The van der Waals surface area contributed by atoms with Gasteiger partial charge in [-0.1, -0.05) is 72.7 Å². The summed E-state index contributed by atoms with van der Waals surface area (Å²) in [6, 6.07) is 25.0. The van der Waals surface area contributed by atoms with E-state index in [4.69, 9.17) is 11.2 Å². The van der Waals surface area contributed by atoms with Crippen molar-refractivity contribution in [3.8, 4) is 12.3 Å². The number of benzene rings is 3. The second kappa shape index (κ2) is 10.5. The lowest BCUT2D eigenvalue weighted by atomic mass is 10.1. The Bertz CT molecular complexity index is 1030. The van der Waals surface area contributed by atoms with Gasteiger partial charge in [0.2, 0.25) is 5.91 Å². The monoisotopic (exact) mass is 398 g/mol. The van der Waals surface area contributed by atoms with Gasteiger partial charge in [0, 0.05) is 17.7 Å². The van der Waals surface area contributed by atoms with Crippen molar-refractivity contribution >= 4 is 17.7 Å². The van der Waals surface area contributed by atoms with Crippen LogP contribution in [0.3, 0.4) is 0 Å². The van der Waals surface area contributed by atoms with Gasteiger partial charge in [-0.05, 0) is 29.3 Å². The molecule has 0 fully saturated rings. The normalized spacial score (nSPS) is 11.0. The molecule has 0 radical (unpaired) electrons. The largest absolute Gasteiger partial charge is 0.445 e. The van der Waals surface area contributed by atoms with E-state index in [1.807, 2.05) is 60.7 Å². The van der Waals surface area contributed by atoms with Crippen molar-refractivity contribution in [2.24, 2.45) is 0 Å². The summed E-state index contributed by atoms with van der Waals surface area (Å²) in [6.45, 7) is 0.122. The summed E-state index contributed by atoms with van der Waals surface area (Å²) in [7, 11) is 0. The summed E-state index contributed by atoms with van der Waals surface area (Å²) in [4.78, 5) is 25.2. The van der Waals surface area contributed by atoms with Gasteiger partial charge in [0.1, 0.15) is 12.6 Å².